The fourth-order valence-corrected chi connectivity index (χ4v) is 3.82. The number of halogens is 1. The van der Waals surface area contributed by atoms with Gasteiger partial charge in [0.15, 0.2) is 0 Å². The summed E-state index contributed by atoms with van der Waals surface area (Å²) < 4.78 is 10.3. The zero-order chi connectivity index (χ0) is 19.6. The molecular weight excluding hydrogens is 394 g/mol. The molecule has 0 unspecified atom stereocenters. The van der Waals surface area contributed by atoms with Gasteiger partial charge in [0.25, 0.3) is 0 Å². The Morgan fingerprint density at radius 3 is 1.79 bits per heavy atom. The van der Waals surface area contributed by atoms with Crippen LogP contribution in [-0.2, 0) is 4.74 Å². The van der Waals surface area contributed by atoms with Crippen molar-refractivity contribution in [3.05, 3.63) is 107 Å². The molecule has 0 N–H and O–H groups in total. The van der Waals surface area contributed by atoms with E-state index >= 15 is 0 Å². The molecule has 1 heterocycles. The zero-order valence-electron chi connectivity index (χ0n) is 14.5. The van der Waals surface area contributed by atoms with Gasteiger partial charge in [-0.05, 0) is 24.3 Å². The van der Waals surface area contributed by atoms with E-state index in [2.05, 4.69) is 4.40 Å². The Morgan fingerprint density at radius 2 is 1.29 bits per heavy atom. The van der Waals surface area contributed by atoms with E-state index in [1.807, 2.05) is 0 Å². The third-order valence-electron chi connectivity index (χ3n) is 4.26. The number of hydrogen-bond acceptors (Lipinski definition) is 5. The van der Waals surface area contributed by atoms with Crippen LogP contribution in [0.5, 0.6) is 0 Å². The smallest absolute Gasteiger partial charge is 0.301 e. The first kappa shape index (κ1) is 18.5. The second-order valence-electron chi connectivity index (χ2n) is 6.10. The van der Waals surface area contributed by atoms with Crippen LogP contribution in [0.15, 0.2) is 89.3 Å². The minimum Gasteiger partial charge on any atom is -0.441 e. The lowest BCUT2D eigenvalue weighted by Gasteiger charge is -2.24. The van der Waals surface area contributed by atoms with Gasteiger partial charge in [-0.15, -0.1) is 0 Å². The molecule has 6 heteroatoms. The third kappa shape index (κ3) is 3.35. The number of hydrogen-bond donors (Lipinski definition) is 0. The van der Waals surface area contributed by atoms with Crippen molar-refractivity contribution in [2.45, 2.75) is 4.93 Å². The lowest BCUT2D eigenvalue weighted by molar-refractivity contribution is 0.0599. The van der Waals surface area contributed by atoms with Crippen molar-refractivity contribution in [3.63, 3.8) is 0 Å². The highest BCUT2D eigenvalue weighted by Crippen LogP contribution is 2.41. The lowest BCUT2D eigenvalue weighted by atomic mass is 9.97. The summed E-state index contributed by atoms with van der Waals surface area (Å²) in [5.74, 6) is -0.672. The van der Waals surface area contributed by atoms with Gasteiger partial charge >= 0.3 is 4.93 Å². The average molecular weight is 408 g/mol. The highest BCUT2D eigenvalue weighted by molar-refractivity contribution is 8.01. The predicted octanol–water partition coefficient (Wildman–Crippen LogP) is 5.23. The van der Waals surface area contributed by atoms with Gasteiger partial charge in [-0.1, -0.05) is 72.3 Å². The number of ether oxygens (including phenoxy) is 1. The Kier molecular flexibility index (Phi) is 5.03. The molecule has 0 spiro atoms. The van der Waals surface area contributed by atoms with Crippen LogP contribution in [0, 0.1) is 0 Å². The van der Waals surface area contributed by atoms with Crippen molar-refractivity contribution >= 4 is 41.0 Å². The molecule has 3 aromatic rings. The van der Waals surface area contributed by atoms with E-state index in [4.69, 9.17) is 16.3 Å². The number of carbonyl (C=O) groups excluding carboxylic acids is 2. The molecule has 0 saturated carbocycles. The molecule has 1 aliphatic heterocycles. The van der Waals surface area contributed by atoms with Crippen LogP contribution in [0.3, 0.4) is 0 Å². The summed E-state index contributed by atoms with van der Waals surface area (Å²) in [5, 5.41) is 0.571. The van der Waals surface area contributed by atoms with E-state index in [9.17, 15) is 9.59 Å². The number of rotatable bonds is 5. The molecule has 0 amide bonds. The summed E-state index contributed by atoms with van der Waals surface area (Å²) in [7, 11) is 0. The van der Waals surface area contributed by atoms with Crippen molar-refractivity contribution in [3.8, 4) is 0 Å². The largest absolute Gasteiger partial charge is 0.441 e. The molecule has 4 nitrogen and oxygen atoms in total. The van der Waals surface area contributed by atoms with Crippen molar-refractivity contribution in [2.75, 3.05) is 0 Å². The number of carbonyl (C=O) groups is 2. The second kappa shape index (κ2) is 7.62. The summed E-state index contributed by atoms with van der Waals surface area (Å²) >= 11 is 6.78. The second-order valence-corrected chi connectivity index (χ2v) is 7.48. The normalized spacial score (nSPS) is 14.8. The molecule has 0 saturated heterocycles. The maximum absolute atomic E-state index is 13.4. The maximum Gasteiger partial charge on any atom is 0.301 e. The lowest BCUT2D eigenvalue weighted by Crippen LogP contribution is -2.45. The summed E-state index contributed by atoms with van der Waals surface area (Å²) in [5.41, 5.74) is 1.40. The summed E-state index contributed by atoms with van der Waals surface area (Å²) in [6.07, 6.45) is 0. The molecule has 0 atom stereocenters. The van der Waals surface area contributed by atoms with Crippen molar-refractivity contribution in [2.24, 2.45) is 4.40 Å². The highest BCUT2D eigenvalue weighted by Gasteiger charge is 2.54. The number of benzene rings is 3. The topological polar surface area (TPSA) is 55.7 Å². The van der Waals surface area contributed by atoms with Gasteiger partial charge in [-0.25, -0.2) is 0 Å². The van der Waals surface area contributed by atoms with Crippen LogP contribution in [0.2, 0.25) is 5.02 Å². The van der Waals surface area contributed by atoms with Gasteiger partial charge in [-0.3, -0.25) is 9.59 Å². The molecule has 138 valence electrons. The quantitative estimate of drug-likeness (QED) is 0.330. The fraction of sp³-hybridized carbons (Fsp3) is 0.0455. The van der Waals surface area contributed by atoms with Crippen LogP contribution in [0.4, 0.5) is 0 Å². The Bertz CT molecular complexity index is 999. The minimum absolute atomic E-state index is 0.218. The molecule has 0 fully saturated rings. The summed E-state index contributed by atoms with van der Waals surface area (Å²) in [6, 6.07) is 24.1. The maximum atomic E-state index is 13.4. The Morgan fingerprint density at radius 1 is 0.786 bits per heavy atom. The summed E-state index contributed by atoms with van der Waals surface area (Å²) in [6.45, 7) is 0. The SMILES string of the molecule is O=C(c1ccccc1)C1(C(=O)c2ccccc2)OC(c2ccc(Cl)cc2)=NS1. The zero-order valence-corrected chi connectivity index (χ0v) is 16.1. The van der Waals surface area contributed by atoms with E-state index in [1.54, 1.807) is 84.9 Å². The van der Waals surface area contributed by atoms with E-state index < -0.39 is 16.5 Å². The van der Waals surface area contributed by atoms with Gasteiger partial charge in [0, 0.05) is 33.7 Å². The first-order chi connectivity index (χ1) is 13.6. The molecular formula is C22H14ClNO3S. The number of ketones is 2. The first-order valence-corrected chi connectivity index (χ1v) is 9.66. The van der Waals surface area contributed by atoms with Crippen LogP contribution in [-0.4, -0.2) is 22.4 Å². The van der Waals surface area contributed by atoms with Crippen LogP contribution in [0.1, 0.15) is 26.3 Å². The van der Waals surface area contributed by atoms with Crippen LogP contribution < -0.4 is 0 Å². The monoisotopic (exact) mass is 407 g/mol. The Labute approximate surface area is 171 Å². The van der Waals surface area contributed by atoms with Gasteiger partial charge in [-0.2, -0.15) is 4.40 Å². The minimum atomic E-state index is -1.81. The van der Waals surface area contributed by atoms with Crippen molar-refractivity contribution in [1.82, 2.24) is 0 Å². The molecule has 3 aromatic carbocycles. The van der Waals surface area contributed by atoms with E-state index in [0.29, 0.717) is 21.7 Å². The molecule has 0 bridgehead atoms. The highest BCUT2D eigenvalue weighted by atomic mass is 35.5. The van der Waals surface area contributed by atoms with Crippen LogP contribution in [0.25, 0.3) is 0 Å². The molecule has 0 radical (unpaired) electrons. The number of nitrogens with zero attached hydrogens (tertiary/aromatic N) is 1. The fourth-order valence-electron chi connectivity index (χ4n) is 2.82. The van der Waals surface area contributed by atoms with Crippen molar-refractivity contribution in [1.29, 1.82) is 0 Å². The summed E-state index contributed by atoms with van der Waals surface area (Å²) in [4.78, 5) is 24.9. The van der Waals surface area contributed by atoms with Crippen LogP contribution >= 0.6 is 23.5 Å². The Hall–Kier alpha value is -2.89. The standard InChI is InChI=1S/C22H14ClNO3S/c23-18-13-11-17(12-14-18)21-24-28-22(27-21,19(25)15-7-3-1-4-8-15)20(26)16-9-5-2-6-10-16/h1-14H. The predicted molar refractivity (Wildman–Crippen MR) is 111 cm³/mol. The first-order valence-electron chi connectivity index (χ1n) is 8.51. The number of Topliss-reactive ketones (excluding diaryl/α,β-unsaturated/α-hetero) is 2. The van der Waals surface area contributed by atoms with Gasteiger partial charge < -0.3 is 4.74 Å². The molecule has 28 heavy (non-hydrogen) atoms. The molecule has 4 rings (SSSR count). The van der Waals surface area contributed by atoms with E-state index in [1.165, 1.54) is 0 Å². The molecule has 0 aromatic heterocycles. The molecule has 1 aliphatic rings. The van der Waals surface area contributed by atoms with E-state index in [0.717, 1.165) is 11.9 Å². The van der Waals surface area contributed by atoms with E-state index in [-0.39, 0.29) is 5.90 Å². The van der Waals surface area contributed by atoms with Gasteiger partial charge in [0.1, 0.15) is 0 Å². The average Bonchev–Trinajstić information content (AvgIpc) is 3.21. The molecule has 0 aliphatic carbocycles. The third-order valence-corrected chi connectivity index (χ3v) is 5.48. The van der Waals surface area contributed by atoms with Crippen molar-refractivity contribution < 1.29 is 14.3 Å². The van der Waals surface area contributed by atoms with Gasteiger partial charge in [0.2, 0.25) is 17.5 Å². The van der Waals surface area contributed by atoms with Gasteiger partial charge in [0.05, 0.1) is 0 Å². The Balaban J connectivity index is 1.75.